The molecule has 14 heavy (non-hydrogen) atoms. The van der Waals surface area contributed by atoms with Crippen LogP contribution in [0.3, 0.4) is 0 Å². The molecule has 0 spiro atoms. The molecule has 0 N–H and O–H groups in total. The summed E-state index contributed by atoms with van der Waals surface area (Å²) in [7, 11) is 0. The first-order chi connectivity index (χ1) is 6.63. The molecule has 0 heterocycles. The summed E-state index contributed by atoms with van der Waals surface area (Å²) in [6, 6.07) is 0. The molecule has 0 fully saturated rings. The Kier molecular flexibility index (Phi) is 9.42. The van der Waals surface area contributed by atoms with Crippen molar-refractivity contribution in [2.75, 3.05) is 19.8 Å². The topological polar surface area (TPSA) is 18.5 Å². The SMILES string of the molecule is CC(C)COCCCCCOC(C)C. The van der Waals surface area contributed by atoms with Gasteiger partial charge >= 0.3 is 0 Å². The van der Waals surface area contributed by atoms with Crippen molar-refractivity contribution in [1.82, 2.24) is 0 Å². The second-order valence-electron chi connectivity index (χ2n) is 4.45. The van der Waals surface area contributed by atoms with E-state index in [1.54, 1.807) is 0 Å². The third-order valence-electron chi connectivity index (χ3n) is 1.84. The van der Waals surface area contributed by atoms with E-state index in [1.807, 2.05) is 0 Å². The van der Waals surface area contributed by atoms with Crippen LogP contribution in [-0.4, -0.2) is 25.9 Å². The fourth-order valence-electron chi connectivity index (χ4n) is 1.12. The molecule has 0 aromatic heterocycles. The fraction of sp³-hybridized carbons (Fsp3) is 1.00. The third-order valence-corrected chi connectivity index (χ3v) is 1.84. The number of ether oxygens (including phenoxy) is 2. The van der Waals surface area contributed by atoms with E-state index in [9.17, 15) is 0 Å². The lowest BCUT2D eigenvalue weighted by atomic mass is 10.2. The van der Waals surface area contributed by atoms with Crippen molar-refractivity contribution in [1.29, 1.82) is 0 Å². The highest BCUT2D eigenvalue weighted by atomic mass is 16.5. The van der Waals surface area contributed by atoms with E-state index in [2.05, 4.69) is 27.7 Å². The van der Waals surface area contributed by atoms with Crippen LogP contribution < -0.4 is 0 Å². The summed E-state index contributed by atoms with van der Waals surface area (Å²) >= 11 is 0. The molecule has 0 bridgehead atoms. The van der Waals surface area contributed by atoms with Crippen molar-refractivity contribution in [3.05, 3.63) is 0 Å². The number of hydrogen-bond donors (Lipinski definition) is 0. The summed E-state index contributed by atoms with van der Waals surface area (Å²) < 4.78 is 10.9. The highest BCUT2D eigenvalue weighted by molar-refractivity contribution is 4.44. The predicted octanol–water partition coefficient (Wildman–Crippen LogP) is 3.25. The van der Waals surface area contributed by atoms with Crippen LogP contribution in [0.15, 0.2) is 0 Å². The Balaban J connectivity index is 2.92. The molecule has 0 aliphatic rings. The average molecular weight is 202 g/mol. The minimum absolute atomic E-state index is 0.368. The predicted molar refractivity (Wildman–Crippen MR) is 60.6 cm³/mol. The number of hydrogen-bond acceptors (Lipinski definition) is 2. The molecule has 0 aromatic carbocycles. The van der Waals surface area contributed by atoms with Crippen molar-refractivity contribution in [2.24, 2.45) is 5.92 Å². The highest BCUT2D eigenvalue weighted by Gasteiger charge is 1.95. The van der Waals surface area contributed by atoms with Crippen LogP contribution in [0.2, 0.25) is 0 Å². The maximum Gasteiger partial charge on any atom is 0.0518 e. The lowest BCUT2D eigenvalue weighted by molar-refractivity contribution is 0.0712. The van der Waals surface area contributed by atoms with E-state index in [0.717, 1.165) is 32.7 Å². The summed E-state index contributed by atoms with van der Waals surface area (Å²) in [5.41, 5.74) is 0. The van der Waals surface area contributed by atoms with Crippen LogP contribution in [-0.2, 0) is 9.47 Å². The van der Waals surface area contributed by atoms with Crippen molar-refractivity contribution in [3.63, 3.8) is 0 Å². The van der Waals surface area contributed by atoms with E-state index in [1.165, 1.54) is 6.42 Å². The standard InChI is InChI=1S/C12H26O2/c1-11(2)10-13-8-6-5-7-9-14-12(3)4/h11-12H,5-10H2,1-4H3. The van der Waals surface area contributed by atoms with Gasteiger partial charge in [-0.1, -0.05) is 13.8 Å². The molecule has 0 atom stereocenters. The first kappa shape index (κ1) is 13.9. The van der Waals surface area contributed by atoms with Crippen LogP contribution >= 0.6 is 0 Å². The summed E-state index contributed by atoms with van der Waals surface area (Å²) in [6.45, 7) is 11.2. The van der Waals surface area contributed by atoms with Gasteiger partial charge in [0.1, 0.15) is 0 Å². The van der Waals surface area contributed by atoms with Crippen molar-refractivity contribution < 1.29 is 9.47 Å². The van der Waals surface area contributed by atoms with Crippen molar-refractivity contribution in [3.8, 4) is 0 Å². The molecule has 2 heteroatoms. The van der Waals surface area contributed by atoms with E-state index >= 15 is 0 Å². The summed E-state index contributed by atoms with van der Waals surface area (Å²) in [5, 5.41) is 0. The maximum absolute atomic E-state index is 5.48. The highest BCUT2D eigenvalue weighted by Crippen LogP contribution is 2.00. The van der Waals surface area contributed by atoms with Gasteiger partial charge in [0.05, 0.1) is 6.10 Å². The first-order valence-corrected chi connectivity index (χ1v) is 5.82. The number of unbranched alkanes of at least 4 members (excludes halogenated alkanes) is 2. The molecule has 0 rings (SSSR count). The fourth-order valence-corrected chi connectivity index (χ4v) is 1.12. The third kappa shape index (κ3) is 11.9. The van der Waals surface area contributed by atoms with Gasteiger partial charge in [-0.15, -0.1) is 0 Å². The molecule has 86 valence electrons. The average Bonchev–Trinajstić information content (AvgIpc) is 2.08. The minimum atomic E-state index is 0.368. The van der Waals surface area contributed by atoms with Crippen LogP contribution in [0.25, 0.3) is 0 Å². The quantitative estimate of drug-likeness (QED) is 0.534. The molecule has 2 nitrogen and oxygen atoms in total. The largest absolute Gasteiger partial charge is 0.381 e. The van der Waals surface area contributed by atoms with Crippen molar-refractivity contribution >= 4 is 0 Å². The minimum Gasteiger partial charge on any atom is -0.381 e. The van der Waals surface area contributed by atoms with Gasteiger partial charge in [-0.25, -0.2) is 0 Å². The van der Waals surface area contributed by atoms with Gasteiger partial charge in [-0.2, -0.15) is 0 Å². The Labute approximate surface area is 89.0 Å². The molecule has 0 amide bonds. The molecule has 0 saturated carbocycles. The lowest BCUT2D eigenvalue weighted by Crippen LogP contribution is -2.05. The zero-order valence-corrected chi connectivity index (χ0v) is 10.2. The van der Waals surface area contributed by atoms with Crippen molar-refractivity contribution in [2.45, 2.75) is 53.1 Å². The van der Waals surface area contributed by atoms with Gasteiger partial charge in [0.25, 0.3) is 0 Å². The molecule has 0 aliphatic heterocycles. The van der Waals surface area contributed by atoms with E-state index in [4.69, 9.17) is 9.47 Å². The van der Waals surface area contributed by atoms with E-state index in [0.29, 0.717) is 12.0 Å². The second-order valence-corrected chi connectivity index (χ2v) is 4.45. The monoisotopic (exact) mass is 202 g/mol. The lowest BCUT2D eigenvalue weighted by Gasteiger charge is -2.08. The summed E-state index contributed by atoms with van der Waals surface area (Å²) in [5.74, 6) is 0.652. The molecule has 0 saturated heterocycles. The molecular formula is C12H26O2. The van der Waals surface area contributed by atoms with Crippen LogP contribution in [0.1, 0.15) is 47.0 Å². The van der Waals surface area contributed by atoms with Crippen LogP contribution in [0.4, 0.5) is 0 Å². The Morgan fingerprint density at radius 3 is 2.07 bits per heavy atom. The molecule has 0 aliphatic carbocycles. The van der Waals surface area contributed by atoms with E-state index in [-0.39, 0.29) is 0 Å². The molecular weight excluding hydrogens is 176 g/mol. The Hall–Kier alpha value is -0.0800. The Morgan fingerprint density at radius 2 is 1.50 bits per heavy atom. The van der Waals surface area contributed by atoms with Gasteiger partial charge in [0.15, 0.2) is 0 Å². The maximum atomic E-state index is 5.48. The molecule has 0 aromatic rings. The van der Waals surface area contributed by atoms with Gasteiger partial charge in [0.2, 0.25) is 0 Å². The zero-order valence-electron chi connectivity index (χ0n) is 10.2. The van der Waals surface area contributed by atoms with Gasteiger partial charge < -0.3 is 9.47 Å². The molecule has 0 radical (unpaired) electrons. The van der Waals surface area contributed by atoms with Gasteiger partial charge in [-0.05, 0) is 39.0 Å². The summed E-state index contributed by atoms with van der Waals surface area (Å²) in [4.78, 5) is 0. The normalized spacial score (nSPS) is 11.6. The summed E-state index contributed by atoms with van der Waals surface area (Å²) in [6.07, 6.45) is 3.90. The molecule has 0 unspecified atom stereocenters. The Bertz CT molecular complexity index is 96.9. The second kappa shape index (κ2) is 9.47. The van der Waals surface area contributed by atoms with Crippen LogP contribution in [0.5, 0.6) is 0 Å². The Morgan fingerprint density at radius 1 is 0.857 bits per heavy atom. The number of rotatable bonds is 9. The van der Waals surface area contributed by atoms with E-state index < -0.39 is 0 Å². The first-order valence-electron chi connectivity index (χ1n) is 5.82. The zero-order chi connectivity index (χ0) is 10.8. The van der Waals surface area contributed by atoms with Gasteiger partial charge in [0, 0.05) is 19.8 Å². The smallest absolute Gasteiger partial charge is 0.0518 e. The van der Waals surface area contributed by atoms with Gasteiger partial charge in [-0.3, -0.25) is 0 Å². The van der Waals surface area contributed by atoms with Crippen LogP contribution in [0, 0.1) is 5.92 Å².